The van der Waals surface area contributed by atoms with Crippen molar-refractivity contribution in [2.75, 3.05) is 31.5 Å². The molecule has 0 aromatic heterocycles. The summed E-state index contributed by atoms with van der Waals surface area (Å²) in [7, 11) is 0. The number of carbonyl (C=O) groups is 3. The van der Waals surface area contributed by atoms with E-state index in [0.717, 1.165) is 38.0 Å². The fourth-order valence-electron chi connectivity index (χ4n) is 5.42. The number of hydrogen-bond acceptors (Lipinski definition) is 8. The van der Waals surface area contributed by atoms with Crippen molar-refractivity contribution in [1.82, 2.24) is 9.80 Å². The van der Waals surface area contributed by atoms with E-state index in [-0.39, 0.29) is 17.7 Å². The first-order valence-electron chi connectivity index (χ1n) is 14.8. The Bertz CT molecular complexity index is 1060. The quantitative estimate of drug-likeness (QED) is 0.262. The largest absolute Gasteiger partial charge is 0.459 e. The summed E-state index contributed by atoms with van der Waals surface area (Å²) in [5.41, 5.74) is -0.824. The predicted octanol–water partition coefficient (Wildman–Crippen LogP) is 5.73. The molecule has 1 N–H and O–H groups in total. The molecule has 0 saturated carbocycles. The van der Waals surface area contributed by atoms with Crippen LogP contribution in [0.15, 0.2) is 24.3 Å². The molecule has 0 bridgehead atoms. The first-order chi connectivity index (χ1) is 18.8. The van der Waals surface area contributed by atoms with Gasteiger partial charge in [0.1, 0.15) is 16.8 Å². The van der Waals surface area contributed by atoms with Crippen LogP contribution in [0.2, 0.25) is 0 Å². The Labute approximate surface area is 246 Å². The zero-order valence-corrected chi connectivity index (χ0v) is 26.8. The van der Waals surface area contributed by atoms with E-state index < -0.39 is 34.7 Å². The molecule has 1 amide bonds. The van der Waals surface area contributed by atoms with Gasteiger partial charge in [0.05, 0.1) is 0 Å². The van der Waals surface area contributed by atoms with E-state index in [4.69, 9.17) is 14.2 Å². The number of para-hydroxylation sites is 1. The molecule has 1 aromatic rings. The molecule has 1 aromatic carbocycles. The topological polar surface area (TPSA) is 97.4 Å². The van der Waals surface area contributed by atoms with E-state index >= 15 is 0 Å². The number of anilines is 1. The van der Waals surface area contributed by atoms with Crippen molar-refractivity contribution in [1.29, 1.82) is 0 Å². The maximum atomic E-state index is 13.3. The van der Waals surface area contributed by atoms with Gasteiger partial charge in [-0.05, 0) is 94.6 Å². The average molecular weight is 574 g/mol. The van der Waals surface area contributed by atoms with Crippen molar-refractivity contribution in [2.24, 2.45) is 0 Å². The van der Waals surface area contributed by atoms with Gasteiger partial charge in [-0.3, -0.25) is 14.5 Å². The molecule has 0 radical (unpaired) electrons. The molecule has 41 heavy (non-hydrogen) atoms. The second-order valence-electron chi connectivity index (χ2n) is 14.6. The molecule has 2 fully saturated rings. The maximum absolute atomic E-state index is 13.3. The third kappa shape index (κ3) is 9.35. The average Bonchev–Trinajstić information content (AvgIpc) is 3.21. The van der Waals surface area contributed by atoms with Crippen molar-refractivity contribution >= 4 is 23.7 Å². The van der Waals surface area contributed by atoms with Crippen LogP contribution in [0.4, 0.5) is 10.5 Å². The first-order valence-corrected chi connectivity index (χ1v) is 14.8. The third-order valence-corrected chi connectivity index (χ3v) is 7.28. The Morgan fingerprint density at radius 2 is 1.34 bits per heavy atom. The Hall–Kier alpha value is -2.81. The van der Waals surface area contributed by atoms with Crippen molar-refractivity contribution in [3.63, 3.8) is 0 Å². The van der Waals surface area contributed by atoms with Crippen LogP contribution in [0.25, 0.3) is 0 Å². The Morgan fingerprint density at radius 3 is 1.85 bits per heavy atom. The third-order valence-electron chi connectivity index (χ3n) is 7.28. The highest BCUT2D eigenvalue weighted by Crippen LogP contribution is 2.34. The Balaban J connectivity index is 1.70. The molecule has 2 aliphatic heterocycles. The van der Waals surface area contributed by atoms with Crippen LogP contribution in [0, 0.1) is 0 Å². The smallest absolute Gasteiger partial charge is 0.410 e. The lowest BCUT2D eigenvalue weighted by atomic mass is 9.92. The summed E-state index contributed by atoms with van der Waals surface area (Å²) in [6.07, 6.45) is 2.43. The van der Waals surface area contributed by atoms with Gasteiger partial charge in [0.2, 0.25) is 0 Å². The number of nitrogens with one attached hydrogen (secondary N) is 1. The van der Waals surface area contributed by atoms with Gasteiger partial charge in [0.15, 0.2) is 5.92 Å². The summed E-state index contributed by atoms with van der Waals surface area (Å²) in [5.74, 6) is -2.45. The maximum Gasteiger partial charge on any atom is 0.410 e. The number of hydrogen-bond donors (Lipinski definition) is 1. The summed E-state index contributed by atoms with van der Waals surface area (Å²) in [6.45, 7) is 21.7. The molecule has 0 aliphatic carbocycles. The molecule has 9 nitrogen and oxygen atoms in total. The van der Waals surface area contributed by atoms with E-state index in [0.29, 0.717) is 18.7 Å². The van der Waals surface area contributed by atoms with Crippen LogP contribution in [0.1, 0.15) is 100.0 Å². The molecule has 0 spiro atoms. The molecule has 1 atom stereocenters. The minimum Gasteiger partial charge on any atom is -0.459 e. The second kappa shape index (κ2) is 12.2. The van der Waals surface area contributed by atoms with Crippen molar-refractivity contribution in [2.45, 2.75) is 123 Å². The van der Waals surface area contributed by atoms with E-state index in [2.05, 4.69) is 17.1 Å². The lowest BCUT2D eigenvalue weighted by Crippen LogP contribution is -2.53. The van der Waals surface area contributed by atoms with Gasteiger partial charge in [0, 0.05) is 49.0 Å². The predicted molar refractivity (Wildman–Crippen MR) is 160 cm³/mol. The van der Waals surface area contributed by atoms with E-state index in [1.54, 1.807) is 47.6 Å². The lowest BCUT2D eigenvalue weighted by molar-refractivity contribution is -0.169. The van der Waals surface area contributed by atoms with Gasteiger partial charge in [-0.15, -0.1) is 0 Å². The summed E-state index contributed by atoms with van der Waals surface area (Å²) in [6, 6.07) is 7.58. The molecule has 2 saturated heterocycles. The van der Waals surface area contributed by atoms with Gasteiger partial charge in [-0.25, -0.2) is 4.79 Å². The molecule has 3 rings (SSSR count). The van der Waals surface area contributed by atoms with Crippen molar-refractivity contribution < 1.29 is 28.6 Å². The van der Waals surface area contributed by atoms with Gasteiger partial charge >= 0.3 is 18.0 Å². The number of carbonyl (C=O) groups excluding carboxylic acids is 3. The highest BCUT2D eigenvalue weighted by Gasteiger charge is 2.43. The molecular formula is C32H51N3O6. The van der Waals surface area contributed by atoms with Gasteiger partial charge < -0.3 is 24.4 Å². The minimum atomic E-state index is -1.20. The van der Waals surface area contributed by atoms with E-state index in [1.807, 2.05) is 43.9 Å². The Kier molecular flexibility index (Phi) is 9.73. The fourth-order valence-corrected chi connectivity index (χ4v) is 5.42. The minimum absolute atomic E-state index is 0.0989. The molecule has 9 heteroatoms. The number of benzene rings is 1. The summed E-state index contributed by atoms with van der Waals surface area (Å²) in [5, 5.41) is 3.62. The number of ether oxygens (including phenoxy) is 3. The van der Waals surface area contributed by atoms with Gasteiger partial charge in [-0.2, -0.15) is 0 Å². The SMILES string of the molecule is CC(C)(C)OC(=O)C(C(=O)OC(C)(C)C)c1ccccc1NC1CCN(C2(C)CCN(C(=O)OC(C)(C)C)C2)CC1. The standard InChI is InChI=1S/C32H51N3O6/c1-29(2,3)39-26(36)25(27(37)40-30(4,5)6)23-13-11-12-14-24(23)33-22-15-18-35(19-16-22)32(10)17-20-34(21-32)28(38)41-31(7,8)9/h11-14,22,25,33H,15-21H2,1-10H3. The Morgan fingerprint density at radius 1 is 0.829 bits per heavy atom. The van der Waals surface area contributed by atoms with Gasteiger partial charge in [0.25, 0.3) is 0 Å². The number of esters is 2. The van der Waals surface area contributed by atoms with Crippen LogP contribution in [-0.2, 0) is 23.8 Å². The summed E-state index contributed by atoms with van der Waals surface area (Å²) >= 11 is 0. The van der Waals surface area contributed by atoms with Gasteiger partial charge in [-0.1, -0.05) is 18.2 Å². The number of likely N-dealkylation sites (tertiary alicyclic amines) is 2. The molecule has 2 aliphatic rings. The molecule has 1 unspecified atom stereocenters. The highest BCUT2D eigenvalue weighted by atomic mass is 16.6. The van der Waals surface area contributed by atoms with Crippen LogP contribution in [0.3, 0.4) is 0 Å². The first kappa shape index (κ1) is 32.7. The number of rotatable bonds is 6. The summed E-state index contributed by atoms with van der Waals surface area (Å²) in [4.78, 5) is 43.6. The van der Waals surface area contributed by atoms with E-state index in [9.17, 15) is 14.4 Å². The van der Waals surface area contributed by atoms with Crippen LogP contribution in [0.5, 0.6) is 0 Å². The normalized spacial score (nSPS) is 21.1. The van der Waals surface area contributed by atoms with Crippen LogP contribution < -0.4 is 5.32 Å². The van der Waals surface area contributed by atoms with E-state index in [1.165, 1.54) is 0 Å². The molecule has 230 valence electrons. The van der Waals surface area contributed by atoms with Crippen LogP contribution >= 0.6 is 0 Å². The molecular weight excluding hydrogens is 522 g/mol. The second-order valence-corrected chi connectivity index (χ2v) is 14.6. The number of amides is 1. The van der Waals surface area contributed by atoms with Crippen molar-refractivity contribution in [3.05, 3.63) is 29.8 Å². The van der Waals surface area contributed by atoms with Crippen molar-refractivity contribution in [3.8, 4) is 0 Å². The van der Waals surface area contributed by atoms with Crippen LogP contribution in [-0.4, -0.2) is 82.4 Å². The summed E-state index contributed by atoms with van der Waals surface area (Å²) < 4.78 is 16.9. The lowest BCUT2D eigenvalue weighted by Gasteiger charge is -2.43. The molecule has 2 heterocycles. The monoisotopic (exact) mass is 573 g/mol. The zero-order valence-electron chi connectivity index (χ0n) is 26.8. The fraction of sp³-hybridized carbons (Fsp3) is 0.719. The number of piperidine rings is 1. The number of nitrogens with zero attached hydrogens (tertiary/aromatic N) is 2. The highest BCUT2D eigenvalue weighted by molar-refractivity contribution is 6.02. The zero-order chi connectivity index (χ0) is 30.8.